The van der Waals surface area contributed by atoms with Crippen LogP contribution in [0.2, 0.25) is 0 Å². The van der Waals surface area contributed by atoms with Crippen molar-refractivity contribution in [3.8, 4) is 0 Å². The van der Waals surface area contributed by atoms with Gasteiger partial charge in [-0.05, 0) is 12.3 Å². The third-order valence-corrected chi connectivity index (χ3v) is 1.27. The third-order valence-electron chi connectivity index (χ3n) is 1.27. The Hall–Kier alpha value is -0.330. The average molecular weight is 113 g/mol. The van der Waals surface area contributed by atoms with Crippen molar-refractivity contribution >= 4 is 6.29 Å². The van der Waals surface area contributed by atoms with Crippen molar-refractivity contribution in [2.45, 2.75) is 26.2 Å². The molecule has 0 aliphatic carbocycles. The summed E-state index contributed by atoms with van der Waals surface area (Å²) in [6.07, 6.45) is 3.59. The molecule has 1 unspecified atom stereocenters. The molecule has 0 rings (SSSR count). The highest BCUT2D eigenvalue weighted by atomic mass is 16.1. The highest BCUT2D eigenvalue weighted by Gasteiger charge is 1.95. The first kappa shape index (κ1) is 7.67. The molecule has 0 aliphatic heterocycles. The Kier molecular flexibility index (Phi) is 4.62. The first-order valence-corrected chi connectivity index (χ1v) is 3.04. The predicted octanol–water partition coefficient (Wildman–Crippen LogP) is 1.83. The molecule has 1 atom stereocenters. The quantitative estimate of drug-likeness (QED) is 0.508. The Labute approximate surface area is 51.1 Å². The molecule has 1 heteroatoms. The molecule has 0 aliphatic rings. The fraction of sp³-hybridized carbons (Fsp3) is 0.714. The number of hydrogen-bond donors (Lipinski definition) is 0. The van der Waals surface area contributed by atoms with Gasteiger partial charge in [0, 0.05) is 6.42 Å². The van der Waals surface area contributed by atoms with E-state index in [1.807, 2.05) is 0 Å². The molecule has 0 spiro atoms. The van der Waals surface area contributed by atoms with Crippen molar-refractivity contribution in [1.82, 2.24) is 0 Å². The zero-order valence-electron chi connectivity index (χ0n) is 5.39. The highest BCUT2D eigenvalue weighted by Crippen LogP contribution is 2.06. The van der Waals surface area contributed by atoms with Crippen molar-refractivity contribution in [3.63, 3.8) is 0 Å². The van der Waals surface area contributed by atoms with E-state index < -0.39 is 0 Å². The number of carbonyl (C=O) groups excluding carboxylic acids is 1. The minimum absolute atomic E-state index is 0.611. The summed E-state index contributed by atoms with van der Waals surface area (Å²) in [5, 5.41) is 0. The van der Waals surface area contributed by atoms with E-state index in [1.165, 1.54) is 0 Å². The molecule has 1 nitrogen and oxygen atoms in total. The van der Waals surface area contributed by atoms with Crippen LogP contribution >= 0.6 is 0 Å². The molecule has 0 heterocycles. The summed E-state index contributed by atoms with van der Waals surface area (Å²) >= 11 is 0. The maximum absolute atomic E-state index is 9.80. The van der Waals surface area contributed by atoms with Gasteiger partial charge in [0.15, 0.2) is 0 Å². The Bertz CT molecular complexity index is 59.4. The second-order valence-electron chi connectivity index (χ2n) is 2.14. The van der Waals surface area contributed by atoms with E-state index in [0.29, 0.717) is 12.3 Å². The van der Waals surface area contributed by atoms with E-state index in [2.05, 4.69) is 13.8 Å². The van der Waals surface area contributed by atoms with Gasteiger partial charge in [0.2, 0.25) is 0 Å². The number of carbonyl (C=O) groups is 1. The largest absolute Gasteiger partial charge is 0.303 e. The van der Waals surface area contributed by atoms with Gasteiger partial charge < -0.3 is 4.79 Å². The summed E-state index contributed by atoms with van der Waals surface area (Å²) in [6.45, 7) is 5.83. The van der Waals surface area contributed by atoms with Crippen LogP contribution in [0.15, 0.2) is 0 Å². The molecule has 0 aromatic heterocycles. The molecule has 1 radical (unpaired) electrons. The average Bonchev–Trinajstić information content (AvgIpc) is 1.83. The normalized spacial score (nSPS) is 13.2. The monoisotopic (exact) mass is 113 g/mol. The van der Waals surface area contributed by atoms with E-state index in [1.54, 1.807) is 0 Å². The molecule has 47 valence electrons. The van der Waals surface area contributed by atoms with E-state index in [9.17, 15) is 4.79 Å². The SMILES string of the molecule is [CH2]CC(C)CCC=O. The summed E-state index contributed by atoms with van der Waals surface area (Å²) in [4.78, 5) is 9.80. The summed E-state index contributed by atoms with van der Waals surface area (Å²) < 4.78 is 0. The van der Waals surface area contributed by atoms with E-state index >= 15 is 0 Å². The predicted molar refractivity (Wildman–Crippen MR) is 34.4 cm³/mol. The lowest BCUT2D eigenvalue weighted by Crippen LogP contribution is -1.91. The van der Waals surface area contributed by atoms with Gasteiger partial charge in [0.1, 0.15) is 6.29 Å². The van der Waals surface area contributed by atoms with Crippen LogP contribution < -0.4 is 0 Å². The zero-order valence-corrected chi connectivity index (χ0v) is 5.39. The van der Waals surface area contributed by atoms with Crippen LogP contribution in [-0.2, 0) is 4.79 Å². The lowest BCUT2D eigenvalue weighted by Gasteiger charge is -2.01. The summed E-state index contributed by atoms with van der Waals surface area (Å²) in [7, 11) is 0. The molecule has 0 aromatic rings. The van der Waals surface area contributed by atoms with Crippen molar-refractivity contribution in [3.05, 3.63) is 6.92 Å². The molecule has 0 amide bonds. The lowest BCUT2D eigenvalue weighted by atomic mass is 10.0. The van der Waals surface area contributed by atoms with Gasteiger partial charge in [-0.15, -0.1) is 0 Å². The van der Waals surface area contributed by atoms with E-state index in [4.69, 9.17) is 0 Å². The first-order valence-electron chi connectivity index (χ1n) is 3.04. The fourth-order valence-electron chi connectivity index (χ4n) is 0.497. The molecule has 8 heavy (non-hydrogen) atoms. The van der Waals surface area contributed by atoms with E-state index in [0.717, 1.165) is 19.1 Å². The van der Waals surface area contributed by atoms with Crippen LogP contribution in [0.25, 0.3) is 0 Å². The molecule has 0 saturated heterocycles. The topological polar surface area (TPSA) is 17.1 Å². The number of aldehydes is 1. The smallest absolute Gasteiger partial charge is 0.120 e. The summed E-state index contributed by atoms with van der Waals surface area (Å²) in [5.74, 6) is 0.611. The van der Waals surface area contributed by atoms with Crippen molar-refractivity contribution in [1.29, 1.82) is 0 Å². The molecule has 0 aromatic carbocycles. The van der Waals surface area contributed by atoms with Gasteiger partial charge in [0.05, 0.1) is 0 Å². The van der Waals surface area contributed by atoms with Crippen LogP contribution in [0, 0.1) is 12.8 Å². The number of hydrogen-bond acceptors (Lipinski definition) is 1. The third kappa shape index (κ3) is 3.85. The Morgan fingerprint density at radius 3 is 2.75 bits per heavy atom. The second kappa shape index (κ2) is 4.82. The molecule has 0 saturated carbocycles. The van der Waals surface area contributed by atoms with Gasteiger partial charge in [-0.25, -0.2) is 0 Å². The fourth-order valence-corrected chi connectivity index (χ4v) is 0.497. The van der Waals surface area contributed by atoms with Crippen molar-refractivity contribution < 1.29 is 4.79 Å². The molecule has 0 N–H and O–H groups in total. The van der Waals surface area contributed by atoms with Crippen LogP contribution in [-0.4, -0.2) is 6.29 Å². The van der Waals surface area contributed by atoms with Crippen LogP contribution in [0.3, 0.4) is 0 Å². The van der Waals surface area contributed by atoms with Gasteiger partial charge >= 0.3 is 0 Å². The summed E-state index contributed by atoms with van der Waals surface area (Å²) in [6, 6.07) is 0. The molecule has 0 fully saturated rings. The maximum atomic E-state index is 9.80. The maximum Gasteiger partial charge on any atom is 0.120 e. The zero-order chi connectivity index (χ0) is 6.41. The van der Waals surface area contributed by atoms with Crippen LogP contribution in [0.1, 0.15) is 26.2 Å². The lowest BCUT2D eigenvalue weighted by molar-refractivity contribution is -0.108. The summed E-state index contributed by atoms with van der Waals surface area (Å²) in [5.41, 5.74) is 0. The minimum atomic E-state index is 0.611. The Morgan fingerprint density at radius 1 is 1.75 bits per heavy atom. The molecule has 0 bridgehead atoms. The second-order valence-corrected chi connectivity index (χ2v) is 2.14. The minimum Gasteiger partial charge on any atom is -0.303 e. The molecular weight excluding hydrogens is 100 g/mol. The Balaban J connectivity index is 2.97. The van der Waals surface area contributed by atoms with Gasteiger partial charge in [-0.3, -0.25) is 0 Å². The van der Waals surface area contributed by atoms with E-state index in [-0.39, 0.29) is 0 Å². The van der Waals surface area contributed by atoms with Gasteiger partial charge in [-0.2, -0.15) is 0 Å². The highest BCUT2D eigenvalue weighted by molar-refractivity contribution is 5.49. The van der Waals surface area contributed by atoms with Crippen molar-refractivity contribution in [2.24, 2.45) is 5.92 Å². The van der Waals surface area contributed by atoms with Gasteiger partial charge in [0.25, 0.3) is 0 Å². The standard InChI is InChI=1S/C7H13O/c1-3-7(2)5-4-6-8/h6-7H,1,3-5H2,2H3. The van der Waals surface area contributed by atoms with Gasteiger partial charge in [-0.1, -0.05) is 20.3 Å². The molecular formula is C7H13O. The van der Waals surface area contributed by atoms with Crippen LogP contribution in [0.4, 0.5) is 0 Å². The van der Waals surface area contributed by atoms with Crippen molar-refractivity contribution in [2.75, 3.05) is 0 Å². The van der Waals surface area contributed by atoms with Crippen LogP contribution in [0.5, 0.6) is 0 Å². The first-order chi connectivity index (χ1) is 3.81. The Morgan fingerprint density at radius 2 is 2.38 bits per heavy atom. The number of rotatable bonds is 4.